The molecule has 1 aliphatic rings. The van der Waals surface area contributed by atoms with Gasteiger partial charge < -0.3 is 14.6 Å². The van der Waals surface area contributed by atoms with Crippen molar-refractivity contribution >= 4 is 10.9 Å². The number of benzene rings is 2. The number of piperidine rings is 1. The molecule has 3 nitrogen and oxygen atoms in total. The minimum Gasteiger partial charge on any atom is -0.497 e. The summed E-state index contributed by atoms with van der Waals surface area (Å²) >= 11 is 0. The lowest BCUT2D eigenvalue weighted by atomic mass is 9.90. The quantitative estimate of drug-likeness (QED) is 0.735. The number of aryl methyl sites for hydroxylation is 1. The van der Waals surface area contributed by atoms with Crippen LogP contribution in [0.4, 0.5) is 0 Å². The zero-order valence-electron chi connectivity index (χ0n) is 16.0. The highest BCUT2D eigenvalue weighted by molar-refractivity contribution is 5.85. The molecule has 0 spiro atoms. The maximum absolute atomic E-state index is 5.38. The van der Waals surface area contributed by atoms with Crippen LogP contribution < -0.4 is 9.64 Å². The third kappa shape index (κ3) is 3.12. The number of methoxy groups -OCH3 is 1. The van der Waals surface area contributed by atoms with Crippen LogP contribution in [0.25, 0.3) is 10.9 Å². The van der Waals surface area contributed by atoms with Gasteiger partial charge in [0.1, 0.15) is 11.8 Å². The minimum atomic E-state index is 0.365. The molecule has 3 heteroatoms. The Bertz CT molecular complexity index is 873. The van der Waals surface area contributed by atoms with Gasteiger partial charge in [-0.15, -0.1) is 0 Å². The summed E-state index contributed by atoms with van der Waals surface area (Å²) in [5.74, 6) is 1.77. The highest BCUT2D eigenvalue weighted by Crippen LogP contribution is 2.31. The molecule has 1 aliphatic heterocycles. The van der Waals surface area contributed by atoms with Crippen molar-refractivity contribution in [2.75, 3.05) is 20.2 Å². The summed E-state index contributed by atoms with van der Waals surface area (Å²) in [4.78, 5) is 5.29. The zero-order valence-corrected chi connectivity index (χ0v) is 16.0. The summed E-state index contributed by atoms with van der Waals surface area (Å²) in [6, 6.07) is 17.8. The van der Waals surface area contributed by atoms with Crippen LogP contribution in [0.1, 0.15) is 42.6 Å². The number of ether oxygens (including phenoxy) is 1. The molecule has 1 aromatic heterocycles. The number of nitrogens with one attached hydrogen (secondary N) is 2. The summed E-state index contributed by atoms with van der Waals surface area (Å²) < 4.78 is 5.38. The predicted octanol–water partition coefficient (Wildman–Crippen LogP) is 3.89. The lowest BCUT2D eigenvalue weighted by molar-refractivity contribution is -0.931. The van der Waals surface area contributed by atoms with E-state index < -0.39 is 0 Å². The molecule has 26 heavy (non-hydrogen) atoms. The van der Waals surface area contributed by atoms with Crippen LogP contribution in [0.5, 0.6) is 5.75 Å². The highest BCUT2D eigenvalue weighted by atomic mass is 16.5. The van der Waals surface area contributed by atoms with Gasteiger partial charge in [0.25, 0.3) is 0 Å². The Morgan fingerprint density at radius 1 is 1.04 bits per heavy atom. The van der Waals surface area contributed by atoms with E-state index in [2.05, 4.69) is 67.4 Å². The third-order valence-electron chi connectivity index (χ3n) is 6.01. The fourth-order valence-electron chi connectivity index (χ4n) is 4.49. The first-order valence-corrected chi connectivity index (χ1v) is 9.73. The van der Waals surface area contributed by atoms with E-state index >= 15 is 0 Å². The van der Waals surface area contributed by atoms with Crippen molar-refractivity contribution in [3.05, 3.63) is 65.4 Å². The summed E-state index contributed by atoms with van der Waals surface area (Å²) in [5, 5.41) is 1.36. The molecule has 136 valence electrons. The number of quaternary nitrogens is 1. The molecule has 3 aromatic rings. The Hall–Kier alpha value is -2.26. The van der Waals surface area contributed by atoms with Gasteiger partial charge in [0.2, 0.25) is 0 Å². The number of likely N-dealkylation sites (tertiary alicyclic amines) is 1. The maximum atomic E-state index is 5.38. The van der Waals surface area contributed by atoms with E-state index in [-0.39, 0.29) is 0 Å². The molecular weight excluding hydrogens is 320 g/mol. The Labute approximate surface area is 156 Å². The van der Waals surface area contributed by atoms with E-state index in [0.29, 0.717) is 6.04 Å². The first kappa shape index (κ1) is 17.2. The van der Waals surface area contributed by atoms with Crippen LogP contribution >= 0.6 is 0 Å². The summed E-state index contributed by atoms with van der Waals surface area (Å²) in [5.41, 5.74) is 5.36. The van der Waals surface area contributed by atoms with Crippen molar-refractivity contribution in [2.45, 2.75) is 32.7 Å². The number of aromatic nitrogens is 1. The smallest absolute Gasteiger partial charge is 0.141 e. The first-order chi connectivity index (χ1) is 12.7. The van der Waals surface area contributed by atoms with Crippen molar-refractivity contribution < 1.29 is 9.64 Å². The van der Waals surface area contributed by atoms with E-state index in [1.54, 1.807) is 12.0 Å². The second-order valence-electron chi connectivity index (χ2n) is 7.76. The standard InChI is InChI=1S/C23H28N2O/c1-16-12-14-25(15-13-16)23(18-8-10-19(26-3)11-9-18)22-17(2)24-21-7-5-4-6-20(21)22/h4-11,16,23-24H,12-15H2,1-3H3/p+1. The molecule has 1 saturated heterocycles. The molecule has 1 unspecified atom stereocenters. The molecule has 0 aliphatic carbocycles. The topological polar surface area (TPSA) is 29.5 Å². The van der Waals surface area contributed by atoms with E-state index in [9.17, 15) is 0 Å². The van der Waals surface area contributed by atoms with Gasteiger partial charge in [0.05, 0.1) is 20.2 Å². The summed E-state index contributed by atoms with van der Waals surface area (Å²) in [6.07, 6.45) is 2.62. The van der Waals surface area contributed by atoms with Crippen molar-refractivity contribution in [1.82, 2.24) is 4.98 Å². The second-order valence-corrected chi connectivity index (χ2v) is 7.76. The number of aromatic amines is 1. The molecule has 0 saturated carbocycles. The van der Waals surface area contributed by atoms with Crippen LogP contribution in [0.3, 0.4) is 0 Å². The molecule has 2 N–H and O–H groups in total. The number of rotatable bonds is 4. The number of para-hydroxylation sites is 1. The molecule has 4 rings (SSSR count). The van der Waals surface area contributed by atoms with Crippen molar-refractivity contribution in [3.8, 4) is 5.75 Å². The maximum Gasteiger partial charge on any atom is 0.141 e. The monoisotopic (exact) mass is 349 g/mol. The van der Waals surface area contributed by atoms with E-state index in [1.807, 2.05) is 0 Å². The van der Waals surface area contributed by atoms with Crippen molar-refractivity contribution in [3.63, 3.8) is 0 Å². The average molecular weight is 349 g/mol. The van der Waals surface area contributed by atoms with Crippen LogP contribution in [-0.2, 0) is 0 Å². The van der Waals surface area contributed by atoms with Gasteiger partial charge in [-0.2, -0.15) is 0 Å². The lowest BCUT2D eigenvalue weighted by Gasteiger charge is -2.34. The first-order valence-electron chi connectivity index (χ1n) is 9.73. The molecule has 1 fully saturated rings. The molecular formula is C23H29N2O+. The molecule has 0 radical (unpaired) electrons. The minimum absolute atomic E-state index is 0.365. The van der Waals surface area contributed by atoms with Crippen LogP contribution in [-0.4, -0.2) is 25.2 Å². The normalized spacial score (nSPS) is 21.7. The number of fused-ring (bicyclic) bond motifs is 1. The Balaban J connectivity index is 1.82. The SMILES string of the molecule is COc1ccc(C(c2c(C)[nH]c3ccccc23)[NH+]2CCC(C)CC2)cc1. The number of H-pyrrole nitrogens is 1. The van der Waals surface area contributed by atoms with Crippen LogP contribution in [0, 0.1) is 12.8 Å². The Morgan fingerprint density at radius 3 is 2.42 bits per heavy atom. The zero-order chi connectivity index (χ0) is 18.1. The van der Waals surface area contributed by atoms with Crippen molar-refractivity contribution in [1.29, 1.82) is 0 Å². The fourth-order valence-corrected chi connectivity index (χ4v) is 4.49. The molecule has 2 heterocycles. The molecule has 2 aromatic carbocycles. The van der Waals surface area contributed by atoms with Gasteiger partial charge in [0.15, 0.2) is 0 Å². The number of hydrogen-bond donors (Lipinski definition) is 2. The third-order valence-corrected chi connectivity index (χ3v) is 6.01. The molecule has 0 bridgehead atoms. The van der Waals surface area contributed by atoms with E-state index in [1.165, 1.54) is 53.7 Å². The predicted molar refractivity (Wildman–Crippen MR) is 107 cm³/mol. The van der Waals surface area contributed by atoms with Gasteiger partial charge in [-0.25, -0.2) is 0 Å². The van der Waals surface area contributed by atoms with Gasteiger partial charge in [0, 0.05) is 27.7 Å². The van der Waals surface area contributed by atoms with Gasteiger partial charge in [-0.1, -0.05) is 25.1 Å². The van der Waals surface area contributed by atoms with Gasteiger partial charge >= 0.3 is 0 Å². The summed E-state index contributed by atoms with van der Waals surface area (Å²) in [6.45, 7) is 7.07. The van der Waals surface area contributed by atoms with Crippen molar-refractivity contribution in [2.24, 2.45) is 5.92 Å². The fraction of sp³-hybridized carbons (Fsp3) is 0.391. The molecule has 0 amide bonds. The second kappa shape index (κ2) is 7.16. The van der Waals surface area contributed by atoms with E-state index in [0.717, 1.165) is 11.7 Å². The Morgan fingerprint density at radius 2 is 1.73 bits per heavy atom. The highest BCUT2D eigenvalue weighted by Gasteiger charge is 2.32. The molecule has 1 atom stereocenters. The van der Waals surface area contributed by atoms with Gasteiger partial charge in [-0.05, 0) is 56.0 Å². The summed E-state index contributed by atoms with van der Waals surface area (Å²) in [7, 11) is 1.73. The van der Waals surface area contributed by atoms with E-state index in [4.69, 9.17) is 4.74 Å². The average Bonchev–Trinajstić information content (AvgIpc) is 3.00. The Kier molecular flexibility index (Phi) is 4.73. The number of hydrogen-bond acceptors (Lipinski definition) is 1. The van der Waals surface area contributed by atoms with Crippen LogP contribution in [0.2, 0.25) is 0 Å². The lowest BCUT2D eigenvalue weighted by Crippen LogP contribution is -3.13. The van der Waals surface area contributed by atoms with Gasteiger partial charge in [-0.3, -0.25) is 0 Å². The largest absolute Gasteiger partial charge is 0.497 e. The van der Waals surface area contributed by atoms with Crippen LogP contribution in [0.15, 0.2) is 48.5 Å².